The number of nitro groups is 1. The van der Waals surface area contributed by atoms with E-state index >= 15 is 0 Å². The van der Waals surface area contributed by atoms with E-state index in [9.17, 15) is 14.9 Å². The molecule has 1 atom stereocenters. The lowest BCUT2D eigenvalue weighted by atomic mass is 10.1. The molecular weight excluding hydrogens is 326 g/mol. The van der Waals surface area contributed by atoms with E-state index in [1.807, 2.05) is 0 Å². The number of carbonyl (C=O) groups excluding carboxylic acids is 1. The molecule has 1 aromatic rings. The van der Waals surface area contributed by atoms with Crippen molar-refractivity contribution in [1.82, 2.24) is 10.6 Å². The minimum Gasteiger partial charge on any atom is -0.355 e. The molecule has 1 heterocycles. The second kappa shape index (κ2) is 9.66. The van der Waals surface area contributed by atoms with Crippen molar-refractivity contribution in [3.05, 3.63) is 34.4 Å². The molecule has 1 aliphatic heterocycles. The minimum atomic E-state index is -0.432. The summed E-state index contributed by atoms with van der Waals surface area (Å²) in [6.45, 7) is 2.84. The second-order valence-corrected chi connectivity index (χ2v) is 6.09. The van der Waals surface area contributed by atoms with Crippen LogP contribution >= 0.6 is 24.2 Å². The normalized spacial score (nSPS) is 16.8. The van der Waals surface area contributed by atoms with Crippen molar-refractivity contribution in [2.24, 2.45) is 5.92 Å². The number of hydrogen-bond acceptors (Lipinski definition) is 5. The van der Waals surface area contributed by atoms with Crippen LogP contribution in [0.2, 0.25) is 0 Å². The Labute approximate surface area is 140 Å². The summed E-state index contributed by atoms with van der Waals surface area (Å²) in [5.74, 6) is 1.01. The number of thioether (sulfide) groups is 1. The molecule has 0 aliphatic carbocycles. The smallest absolute Gasteiger partial charge is 0.269 e. The van der Waals surface area contributed by atoms with Crippen molar-refractivity contribution in [3.63, 3.8) is 0 Å². The topological polar surface area (TPSA) is 84.3 Å². The summed E-state index contributed by atoms with van der Waals surface area (Å²) in [6.07, 6.45) is 2.20. The van der Waals surface area contributed by atoms with E-state index in [2.05, 4.69) is 10.6 Å². The highest BCUT2D eigenvalue weighted by molar-refractivity contribution is 8.00. The average molecular weight is 346 g/mol. The van der Waals surface area contributed by atoms with Crippen LogP contribution in [0.4, 0.5) is 5.69 Å². The standard InChI is InChI=1S/C14H19N3O3S.ClH/c18-14(16-8-6-11-5-7-15-9-11)10-21-13-3-1-12(2-4-13)17(19)20;/h1-4,11,15H,5-10H2,(H,16,18);1H. The van der Waals surface area contributed by atoms with Gasteiger partial charge < -0.3 is 10.6 Å². The lowest BCUT2D eigenvalue weighted by molar-refractivity contribution is -0.384. The number of nitro benzene ring substituents is 1. The maximum Gasteiger partial charge on any atom is 0.269 e. The van der Waals surface area contributed by atoms with Gasteiger partial charge in [-0.15, -0.1) is 24.2 Å². The Morgan fingerprint density at radius 2 is 2.14 bits per heavy atom. The Hall–Kier alpha value is -1.31. The van der Waals surface area contributed by atoms with E-state index in [0.717, 1.165) is 24.4 Å². The van der Waals surface area contributed by atoms with E-state index in [1.165, 1.54) is 30.3 Å². The highest BCUT2D eigenvalue weighted by Gasteiger charge is 2.14. The number of nitrogens with zero attached hydrogens (tertiary/aromatic N) is 1. The van der Waals surface area contributed by atoms with Crippen molar-refractivity contribution < 1.29 is 9.72 Å². The zero-order valence-electron chi connectivity index (χ0n) is 12.1. The highest BCUT2D eigenvalue weighted by Crippen LogP contribution is 2.21. The third-order valence-corrected chi connectivity index (χ3v) is 4.47. The quantitative estimate of drug-likeness (QED) is 0.449. The Bertz CT molecular complexity index is 493. The number of carbonyl (C=O) groups is 1. The molecule has 1 aromatic carbocycles. The molecule has 2 N–H and O–H groups in total. The SMILES string of the molecule is Cl.O=C(CSc1ccc([N+](=O)[O-])cc1)NCCC1CCNC1. The number of hydrogen-bond donors (Lipinski definition) is 2. The first-order valence-corrected chi connectivity index (χ1v) is 7.98. The van der Waals surface area contributed by atoms with Crippen molar-refractivity contribution in [2.75, 3.05) is 25.4 Å². The van der Waals surface area contributed by atoms with Crippen molar-refractivity contribution >= 4 is 35.8 Å². The Balaban J connectivity index is 0.00000242. The van der Waals surface area contributed by atoms with Crippen molar-refractivity contribution in [3.8, 4) is 0 Å². The lowest BCUT2D eigenvalue weighted by Gasteiger charge is -2.09. The third-order valence-electron chi connectivity index (χ3n) is 3.45. The fourth-order valence-electron chi connectivity index (χ4n) is 2.24. The number of halogens is 1. The van der Waals surface area contributed by atoms with E-state index in [0.29, 0.717) is 18.2 Å². The molecular formula is C14H20ClN3O3S. The summed E-state index contributed by atoms with van der Waals surface area (Å²) >= 11 is 1.38. The molecule has 0 spiro atoms. The van der Waals surface area contributed by atoms with Crippen LogP contribution in [0.5, 0.6) is 0 Å². The molecule has 1 amide bonds. The molecule has 22 heavy (non-hydrogen) atoms. The Morgan fingerprint density at radius 3 is 2.73 bits per heavy atom. The van der Waals surface area contributed by atoms with Crippen LogP contribution in [0.25, 0.3) is 0 Å². The summed E-state index contributed by atoms with van der Waals surface area (Å²) in [7, 11) is 0. The molecule has 8 heteroatoms. The van der Waals surface area contributed by atoms with Gasteiger partial charge in [-0.05, 0) is 44.0 Å². The number of benzene rings is 1. The summed E-state index contributed by atoms with van der Waals surface area (Å²) in [6, 6.07) is 6.24. The molecule has 1 aliphatic rings. The van der Waals surface area contributed by atoms with E-state index in [4.69, 9.17) is 0 Å². The van der Waals surface area contributed by atoms with Crippen molar-refractivity contribution in [1.29, 1.82) is 0 Å². The van der Waals surface area contributed by atoms with Crippen molar-refractivity contribution in [2.45, 2.75) is 17.7 Å². The van der Waals surface area contributed by atoms with Crippen LogP contribution in [-0.2, 0) is 4.79 Å². The van der Waals surface area contributed by atoms with Gasteiger partial charge in [-0.1, -0.05) is 0 Å². The molecule has 2 rings (SSSR count). The number of rotatable bonds is 7. The first kappa shape index (κ1) is 18.7. The summed E-state index contributed by atoms with van der Waals surface area (Å²) in [5, 5.41) is 16.8. The van der Waals surface area contributed by atoms with Gasteiger partial charge in [-0.25, -0.2) is 0 Å². The van der Waals surface area contributed by atoms with Gasteiger partial charge in [0.15, 0.2) is 0 Å². The fraction of sp³-hybridized carbons (Fsp3) is 0.500. The van der Waals surface area contributed by atoms with Crippen LogP contribution < -0.4 is 10.6 Å². The second-order valence-electron chi connectivity index (χ2n) is 5.04. The summed E-state index contributed by atoms with van der Waals surface area (Å²) in [4.78, 5) is 22.7. The molecule has 1 fully saturated rings. The van der Waals surface area contributed by atoms with Gasteiger partial charge in [0.05, 0.1) is 10.7 Å². The monoisotopic (exact) mass is 345 g/mol. The van der Waals surface area contributed by atoms with Gasteiger partial charge >= 0.3 is 0 Å². The molecule has 1 saturated heterocycles. The highest BCUT2D eigenvalue weighted by atomic mass is 35.5. The average Bonchev–Trinajstić information content (AvgIpc) is 2.99. The molecule has 0 bridgehead atoms. The van der Waals surface area contributed by atoms with E-state index in [1.54, 1.807) is 12.1 Å². The third kappa shape index (κ3) is 6.21. The predicted octanol–water partition coefficient (Wildman–Crippen LogP) is 2.22. The van der Waals surface area contributed by atoms with E-state index < -0.39 is 4.92 Å². The van der Waals surface area contributed by atoms with Gasteiger partial charge in [-0.3, -0.25) is 14.9 Å². The summed E-state index contributed by atoms with van der Waals surface area (Å²) < 4.78 is 0. The molecule has 0 aromatic heterocycles. The van der Waals surface area contributed by atoms with Gasteiger partial charge in [0.25, 0.3) is 5.69 Å². The lowest BCUT2D eigenvalue weighted by Crippen LogP contribution is -2.27. The molecule has 0 radical (unpaired) electrons. The molecule has 6 nitrogen and oxygen atoms in total. The summed E-state index contributed by atoms with van der Waals surface area (Å²) in [5.41, 5.74) is 0.0639. The van der Waals surface area contributed by atoms with Gasteiger partial charge in [0.1, 0.15) is 0 Å². The van der Waals surface area contributed by atoms with Crippen LogP contribution in [0.3, 0.4) is 0 Å². The molecule has 1 unspecified atom stereocenters. The van der Waals surface area contributed by atoms with Gasteiger partial charge in [-0.2, -0.15) is 0 Å². The first-order valence-electron chi connectivity index (χ1n) is 7.00. The zero-order chi connectivity index (χ0) is 15.1. The number of nitrogens with one attached hydrogen (secondary N) is 2. The maximum atomic E-state index is 11.7. The Morgan fingerprint density at radius 1 is 1.41 bits per heavy atom. The molecule has 122 valence electrons. The fourth-order valence-corrected chi connectivity index (χ4v) is 2.97. The van der Waals surface area contributed by atoms with Crippen LogP contribution in [-0.4, -0.2) is 36.2 Å². The van der Waals surface area contributed by atoms with Crippen LogP contribution in [0, 0.1) is 16.0 Å². The maximum absolute atomic E-state index is 11.7. The minimum absolute atomic E-state index is 0. The van der Waals surface area contributed by atoms with Crippen LogP contribution in [0.15, 0.2) is 29.2 Å². The Kier molecular flexibility index (Phi) is 8.22. The zero-order valence-corrected chi connectivity index (χ0v) is 13.8. The number of non-ortho nitro benzene ring substituents is 1. The van der Waals surface area contributed by atoms with Gasteiger partial charge in [0, 0.05) is 23.6 Å². The van der Waals surface area contributed by atoms with Gasteiger partial charge in [0.2, 0.25) is 5.91 Å². The van der Waals surface area contributed by atoms with E-state index in [-0.39, 0.29) is 24.0 Å². The first-order chi connectivity index (χ1) is 10.1. The predicted molar refractivity (Wildman–Crippen MR) is 89.7 cm³/mol. The molecule has 0 saturated carbocycles. The number of amides is 1. The van der Waals surface area contributed by atoms with Crippen LogP contribution in [0.1, 0.15) is 12.8 Å². The largest absolute Gasteiger partial charge is 0.355 e.